The molecule has 1 aromatic carbocycles. The van der Waals surface area contributed by atoms with Crippen molar-refractivity contribution >= 4 is 35.6 Å². The van der Waals surface area contributed by atoms with Crippen LogP contribution in [0.1, 0.15) is 24.3 Å². The Bertz CT molecular complexity index is 321. The van der Waals surface area contributed by atoms with Gasteiger partial charge in [0.25, 0.3) is 0 Å². The van der Waals surface area contributed by atoms with Gasteiger partial charge in [-0.25, -0.2) is 0 Å². The molecule has 0 heterocycles. The molecule has 2 N–H and O–H groups in total. The molecular weight excluding hydrogens is 240 g/mol. The average molecular weight is 253 g/mol. The summed E-state index contributed by atoms with van der Waals surface area (Å²) in [6.45, 7) is 0. The molecule has 0 radical (unpaired) electrons. The van der Waals surface area contributed by atoms with Crippen LogP contribution in [-0.2, 0) is 0 Å². The van der Waals surface area contributed by atoms with Crippen molar-refractivity contribution in [3.8, 4) is 0 Å². The third kappa shape index (κ3) is 2.34. The molecule has 0 unspecified atom stereocenters. The zero-order valence-corrected chi connectivity index (χ0v) is 9.87. The summed E-state index contributed by atoms with van der Waals surface area (Å²) in [7, 11) is 0. The Morgan fingerprint density at radius 3 is 2.43 bits per heavy atom. The first-order chi connectivity index (χ1) is 6.16. The predicted octanol–water partition coefficient (Wildman–Crippen LogP) is 3.62. The van der Waals surface area contributed by atoms with E-state index >= 15 is 0 Å². The molecule has 2 rings (SSSR count). The Balaban J connectivity index is 0.000000980. The van der Waals surface area contributed by atoms with Crippen molar-refractivity contribution in [3.63, 3.8) is 0 Å². The zero-order valence-electron chi connectivity index (χ0n) is 7.54. The molecule has 1 fully saturated rings. The molecule has 1 aromatic rings. The summed E-state index contributed by atoms with van der Waals surface area (Å²) >= 11 is 11.9. The molecule has 1 nitrogen and oxygen atoms in total. The van der Waals surface area contributed by atoms with Gasteiger partial charge >= 0.3 is 0 Å². The molecule has 0 spiro atoms. The first-order valence-corrected chi connectivity index (χ1v) is 5.13. The van der Waals surface area contributed by atoms with Crippen molar-refractivity contribution in [3.05, 3.63) is 33.8 Å². The minimum absolute atomic E-state index is 0. The van der Waals surface area contributed by atoms with Crippen molar-refractivity contribution in [1.82, 2.24) is 0 Å². The van der Waals surface area contributed by atoms with E-state index in [9.17, 15) is 0 Å². The maximum atomic E-state index is 6.05. The maximum absolute atomic E-state index is 6.05. The summed E-state index contributed by atoms with van der Waals surface area (Å²) in [5.41, 5.74) is 6.87. The van der Waals surface area contributed by atoms with Crippen molar-refractivity contribution < 1.29 is 0 Å². The highest BCUT2D eigenvalue weighted by atomic mass is 35.5. The summed E-state index contributed by atoms with van der Waals surface area (Å²) in [6.07, 6.45) is 2.06. The van der Waals surface area contributed by atoms with E-state index in [2.05, 4.69) is 0 Å². The van der Waals surface area contributed by atoms with E-state index in [1.165, 1.54) is 0 Å². The lowest BCUT2D eigenvalue weighted by Gasteiger charge is -2.33. The van der Waals surface area contributed by atoms with Gasteiger partial charge in [0.15, 0.2) is 0 Å². The van der Waals surface area contributed by atoms with Gasteiger partial charge in [0, 0.05) is 16.1 Å². The molecule has 0 aliphatic heterocycles. The zero-order chi connectivity index (χ0) is 9.42. The SMILES string of the molecule is Cl.NC1CC(c2cc(Cl)ccc2Cl)C1. The molecule has 1 aliphatic carbocycles. The number of hydrogen-bond acceptors (Lipinski definition) is 1. The van der Waals surface area contributed by atoms with Crippen LogP contribution in [0.3, 0.4) is 0 Å². The molecular formula is C10H12Cl3N. The summed E-state index contributed by atoms with van der Waals surface area (Å²) in [5.74, 6) is 0.515. The molecule has 78 valence electrons. The van der Waals surface area contributed by atoms with Crippen LogP contribution in [0.5, 0.6) is 0 Å². The second kappa shape index (κ2) is 4.71. The minimum atomic E-state index is 0. The highest BCUT2D eigenvalue weighted by Crippen LogP contribution is 2.39. The first-order valence-electron chi connectivity index (χ1n) is 4.37. The molecule has 1 saturated carbocycles. The van der Waals surface area contributed by atoms with Gasteiger partial charge in [0.1, 0.15) is 0 Å². The Morgan fingerprint density at radius 1 is 1.21 bits per heavy atom. The van der Waals surface area contributed by atoms with E-state index < -0.39 is 0 Å². The van der Waals surface area contributed by atoms with Gasteiger partial charge in [-0.15, -0.1) is 12.4 Å². The van der Waals surface area contributed by atoms with E-state index in [4.69, 9.17) is 28.9 Å². The average Bonchev–Trinajstić information content (AvgIpc) is 2.04. The van der Waals surface area contributed by atoms with E-state index in [1.807, 2.05) is 18.2 Å². The number of halogens is 3. The fraction of sp³-hybridized carbons (Fsp3) is 0.400. The van der Waals surface area contributed by atoms with Crippen LogP contribution in [0, 0.1) is 0 Å². The molecule has 0 saturated heterocycles. The van der Waals surface area contributed by atoms with Crippen molar-refractivity contribution in [2.24, 2.45) is 5.73 Å². The Hall–Kier alpha value is 0.0500. The Labute approximate surface area is 100.0 Å². The molecule has 1 aliphatic rings. The van der Waals surface area contributed by atoms with Crippen LogP contribution >= 0.6 is 35.6 Å². The third-order valence-electron chi connectivity index (χ3n) is 2.57. The molecule has 0 amide bonds. The largest absolute Gasteiger partial charge is 0.328 e. The van der Waals surface area contributed by atoms with E-state index in [0.29, 0.717) is 12.0 Å². The normalized spacial score (nSPS) is 25.1. The molecule has 14 heavy (non-hydrogen) atoms. The standard InChI is InChI=1S/C10H11Cl2N.ClH/c11-7-1-2-10(12)9(5-7)6-3-8(13)4-6;/h1-2,5-6,8H,3-4,13H2;1H. The first kappa shape index (κ1) is 12.1. The quantitative estimate of drug-likeness (QED) is 0.812. The third-order valence-corrected chi connectivity index (χ3v) is 3.15. The van der Waals surface area contributed by atoms with Gasteiger partial charge < -0.3 is 5.73 Å². The van der Waals surface area contributed by atoms with E-state index in [-0.39, 0.29) is 12.4 Å². The molecule has 0 bridgehead atoms. The summed E-state index contributed by atoms with van der Waals surface area (Å²) in [5, 5.41) is 1.56. The molecule has 0 atom stereocenters. The van der Waals surface area contributed by atoms with Gasteiger partial charge in [-0.2, -0.15) is 0 Å². The lowest BCUT2D eigenvalue weighted by Crippen LogP contribution is -2.34. The Kier molecular flexibility index (Phi) is 4.08. The Morgan fingerprint density at radius 2 is 1.86 bits per heavy atom. The van der Waals surface area contributed by atoms with Crippen LogP contribution in [0.15, 0.2) is 18.2 Å². The van der Waals surface area contributed by atoms with Gasteiger partial charge in [-0.05, 0) is 42.5 Å². The second-order valence-corrected chi connectivity index (χ2v) is 4.44. The maximum Gasteiger partial charge on any atom is 0.0441 e. The monoisotopic (exact) mass is 251 g/mol. The summed E-state index contributed by atoms with van der Waals surface area (Å²) in [4.78, 5) is 0. The van der Waals surface area contributed by atoms with Crippen LogP contribution in [0.4, 0.5) is 0 Å². The number of rotatable bonds is 1. The van der Waals surface area contributed by atoms with Crippen LogP contribution < -0.4 is 5.73 Å². The van der Waals surface area contributed by atoms with Gasteiger partial charge in [0.2, 0.25) is 0 Å². The number of benzene rings is 1. The smallest absolute Gasteiger partial charge is 0.0441 e. The van der Waals surface area contributed by atoms with Crippen LogP contribution in [-0.4, -0.2) is 6.04 Å². The number of nitrogens with two attached hydrogens (primary N) is 1. The predicted molar refractivity (Wildman–Crippen MR) is 63.7 cm³/mol. The minimum Gasteiger partial charge on any atom is -0.328 e. The second-order valence-electron chi connectivity index (χ2n) is 3.59. The lowest BCUT2D eigenvalue weighted by molar-refractivity contribution is 0.351. The van der Waals surface area contributed by atoms with Gasteiger partial charge in [0.05, 0.1) is 0 Å². The summed E-state index contributed by atoms with van der Waals surface area (Å²) < 4.78 is 0. The lowest BCUT2D eigenvalue weighted by atomic mass is 9.76. The fourth-order valence-electron chi connectivity index (χ4n) is 1.74. The highest BCUT2D eigenvalue weighted by molar-refractivity contribution is 6.33. The van der Waals surface area contributed by atoms with Crippen LogP contribution in [0.25, 0.3) is 0 Å². The van der Waals surface area contributed by atoms with Crippen molar-refractivity contribution in [2.45, 2.75) is 24.8 Å². The van der Waals surface area contributed by atoms with Crippen molar-refractivity contribution in [1.29, 1.82) is 0 Å². The summed E-state index contributed by atoms with van der Waals surface area (Å²) in [6, 6.07) is 5.95. The van der Waals surface area contributed by atoms with Crippen LogP contribution in [0.2, 0.25) is 10.0 Å². The van der Waals surface area contributed by atoms with E-state index in [1.54, 1.807) is 0 Å². The van der Waals surface area contributed by atoms with Gasteiger partial charge in [-0.3, -0.25) is 0 Å². The van der Waals surface area contributed by atoms with E-state index in [0.717, 1.165) is 28.5 Å². The topological polar surface area (TPSA) is 26.0 Å². The highest BCUT2D eigenvalue weighted by Gasteiger charge is 2.28. The number of hydrogen-bond donors (Lipinski definition) is 1. The molecule has 0 aromatic heterocycles. The van der Waals surface area contributed by atoms with Crippen molar-refractivity contribution in [2.75, 3.05) is 0 Å². The fourth-order valence-corrected chi connectivity index (χ4v) is 2.20. The molecule has 4 heteroatoms. The van der Waals surface area contributed by atoms with Gasteiger partial charge in [-0.1, -0.05) is 23.2 Å².